The lowest BCUT2D eigenvalue weighted by Crippen LogP contribution is -2.48. The van der Waals surface area contributed by atoms with Gasteiger partial charge in [0, 0.05) is 21.3 Å². The molecular weight excluding hydrogens is 188 g/mol. The lowest BCUT2D eigenvalue weighted by molar-refractivity contribution is 0.0719. The minimum absolute atomic E-state index is 0.376. The van der Waals surface area contributed by atoms with Crippen molar-refractivity contribution in [2.75, 3.05) is 34.2 Å². The van der Waals surface area contributed by atoms with Crippen molar-refractivity contribution in [3.63, 3.8) is 0 Å². The van der Waals surface area contributed by atoms with Crippen LogP contribution in [-0.2, 0) is 18.0 Å². The number of allylic oxidation sites excluding steroid dienone is 1. The number of rotatable bonds is 7. The molecule has 0 aromatic rings. The molecule has 0 aromatic heterocycles. The first-order chi connectivity index (χ1) is 6.24. The van der Waals surface area contributed by atoms with Gasteiger partial charge in [0.1, 0.15) is 6.23 Å². The summed E-state index contributed by atoms with van der Waals surface area (Å²) in [4.78, 5) is 0. The Bertz CT molecular complexity index is 137. The van der Waals surface area contributed by atoms with Gasteiger partial charge >= 0.3 is 8.80 Å². The highest BCUT2D eigenvalue weighted by atomic mass is 28.4. The van der Waals surface area contributed by atoms with Crippen molar-refractivity contribution in [3.05, 3.63) is 12.2 Å². The standard InChI is InChI=1S/C8H18O4Si/c1-5-6-7-12-8-13(9-2,10-3)11-4/h5-6H,7-8H2,1-4H3/b6-5+. The van der Waals surface area contributed by atoms with Gasteiger partial charge in [-0.25, -0.2) is 0 Å². The van der Waals surface area contributed by atoms with Crippen LogP contribution in [0, 0.1) is 0 Å². The van der Waals surface area contributed by atoms with Crippen molar-refractivity contribution < 1.29 is 18.0 Å². The smallest absolute Gasteiger partial charge is 0.375 e. The van der Waals surface area contributed by atoms with E-state index < -0.39 is 8.80 Å². The molecule has 0 heterocycles. The summed E-state index contributed by atoms with van der Waals surface area (Å²) in [7, 11) is 2.18. The molecule has 0 radical (unpaired) electrons. The van der Waals surface area contributed by atoms with Crippen LogP contribution in [0.25, 0.3) is 0 Å². The predicted molar refractivity (Wildman–Crippen MR) is 52.4 cm³/mol. The summed E-state index contributed by atoms with van der Waals surface area (Å²) in [6.45, 7) is 2.50. The van der Waals surface area contributed by atoms with Crippen molar-refractivity contribution in [1.82, 2.24) is 0 Å². The molecule has 4 nitrogen and oxygen atoms in total. The molecule has 0 amide bonds. The second kappa shape index (κ2) is 7.22. The van der Waals surface area contributed by atoms with E-state index in [-0.39, 0.29) is 0 Å². The maximum atomic E-state index is 5.31. The van der Waals surface area contributed by atoms with Gasteiger partial charge < -0.3 is 18.0 Å². The molecule has 0 atom stereocenters. The zero-order valence-electron chi connectivity index (χ0n) is 8.70. The first kappa shape index (κ1) is 12.8. The highest BCUT2D eigenvalue weighted by Gasteiger charge is 2.38. The van der Waals surface area contributed by atoms with Crippen molar-refractivity contribution >= 4 is 8.80 Å². The zero-order valence-corrected chi connectivity index (χ0v) is 9.70. The van der Waals surface area contributed by atoms with Crippen LogP contribution >= 0.6 is 0 Å². The summed E-state index contributed by atoms with van der Waals surface area (Å²) in [5.74, 6) is 0. The quantitative estimate of drug-likeness (QED) is 0.354. The van der Waals surface area contributed by atoms with Gasteiger partial charge in [0.25, 0.3) is 0 Å². The maximum Gasteiger partial charge on any atom is 0.527 e. The fourth-order valence-corrected chi connectivity index (χ4v) is 2.00. The van der Waals surface area contributed by atoms with Crippen LogP contribution < -0.4 is 0 Å². The average Bonchev–Trinajstić information content (AvgIpc) is 2.20. The molecule has 0 fully saturated rings. The van der Waals surface area contributed by atoms with Crippen LogP contribution in [0.15, 0.2) is 12.2 Å². The van der Waals surface area contributed by atoms with Crippen LogP contribution in [0.1, 0.15) is 6.92 Å². The average molecular weight is 206 g/mol. The molecule has 5 heteroatoms. The molecule has 0 aromatic carbocycles. The Morgan fingerprint density at radius 1 is 1.08 bits per heavy atom. The normalized spacial score (nSPS) is 12.6. The van der Waals surface area contributed by atoms with Crippen molar-refractivity contribution in [2.45, 2.75) is 6.92 Å². The topological polar surface area (TPSA) is 36.9 Å². The lowest BCUT2D eigenvalue weighted by Gasteiger charge is -2.23. The first-order valence-electron chi connectivity index (χ1n) is 4.09. The molecule has 0 spiro atoms. The molecule has 0 saturated carbocycles. The number of hydrogen-bond donors (Lipinski definition) is 0. The molecule has 0 unspecified atom stereocenters. The van der Waals surface area contributed by atoms with Crippen molar-refractivity contribution in [2.24, 2.45) is 0 Å². The molecule has 78 valence electrons. The second-order valence-corrected chi connectivity index (χ2v) is 5.26. The molecule has 0 aliphatic rings. The summed E-state index contributed by atoms with van der Waals surface area (Å²) in [6.07, 6.45) is 4.22. The van der Waals surface area contributed by atoms with Gasteiger partial charge in [-0.2, -0.15) is 0 Å². The van der Waals surface area contributed by atoms with Gasteiger partial charge in [-0.3, -0.25) is 0 Å². The lowest BCUT2D eigenvalue weighted by atomic mass is 10.6. The third-order valence-corrected chi connectivity index (χ3v) is 4.09. The van der Waals surface area contributed by atoms with E-state index in [4.69, 9.17) is 18.0 Å². The largest absolute Gasteiger partial charge is 0.527 e. The predicted octanol–water partition coefficient (Wildman–Crippen LogP) is 0.996. The molecule has 0 N–H and O–H groups in total. The summed E-state index contributed by atoms with van der Waals surface area (Å²) in [6, 6.07) is 0. The summed E-state index contributed by atoms with van der Waals surface area (Å²) >= 11 is 0. The van der Waals surface area contributed by atoms with Gasteiger partial charge in [0.15, 0.2) is 0 Å². The van der Waals surface area contributed by atoms with Crippen molar-refractivity contribution in [3.8, 4) is 0 Å². The first-order valence-corrected chi connectivity index (χ1v) is 6.02. The van der Waals surface area contributed by atoms with Gasteiger partial charge in [-0.15, -0.1) is 0 Å². The van der Waals surface area contributed by atoms with Gasteiger partial charge in [-0.1, -0.05) is 12.2 Å². The second-order valence-electron chi connectivity index (χ2n) is 2.38. The summed E-state index contributed by atoms with van der Waals surface area (Å²) < 4.78 is 20.8. The molecule has 0 rings (SSSR count). The van der Waals surface area contributed by atoms with Gasteiger partial charge in [0.05, 0.1) is 6.61 Å². The number of hydrogen-bond acceptors (Lipinski definition) is 4. The highest BCUT2D eigenvalue weighted by Crippen LogP contribution is 2.05. The molecule has 0 aliphatic carbocycles. The molecule has 0 saturated heterocycles. The highest BCUT2D eigenvalue weighted by molar-refractivity contribution is 6.60. The molecule has 13 heavy (non-hydrogen) atoms. The van der Waals surface area contributed by atoms with E-state index in [9.17, 15) is 0 Å². The Kier molecular flexibility index (Phi) is 7.11. The maximum absolute atomic E-state index is 5.31. The Hall–Kier alpha value is -0.203. The third-order valence-electron chi connectivity index (χ3n) is 1.66. The van der Waals surface area contributed by atoms with Crippen LogP contribution in [0.4, 0.5) is 0 Å². The Balaban J connectivity index is 3.81. The summed E-state index contributed by atoms with van der Waals surface area (Å²) in [5, 5.41) is 0. The minimum atomic E-state index is -2.52. The molecule has 0 aliphatic heterocycles. The van der Waals surface area contributed by atoms with E-state index >= 15 is 0 Å². The van der Waals surface area contributed by atoms with E-state index in [0.717, 1.165) is 0 Å². The van der Waals surface area contributed by atoms with E-state index in [1.807, 2.05) is 19.1 Å². The van der Waals surface area contributed by atoms with Gasteiger partial charge in [-0.05, 0) is 6.92 Å². The van der Waals surface area contributed by atoms with Crippen molar-refractivity contribution in [1.29, 1.82) is 0 Å². The number of ether oxygens (including phenoxy) is 1. The molecule has 0 bridgehead atoms. The van der Waals surface area contributed by atoms with E-state index in [1.165, 1.54) is 0 Å². The van der Waals surface area contributed by atoms with E-state index in [0.29, 0.717) is 12.8 Å². The Morgan fingerprint density at radius 2 is 1.62 bits per heavy atom. The van der Waals surface area contributed by atoms with Crippen LogP contribution in [0.2, 0.25) is 0 Å². The van der Waals surface area contributed by atoms with Gasteiger partial charge in [0.2, 0.25) is 0 Å². The fourth-order valence-electron chi connectivity index (χ4n) is 0.775. The van der Waals surface area contributed by atoms with Crippen LogP contribution in [-0.4, -0.2) is 43.0 Å². The third kappa shape index (κ3) is 4.54. The fraction of sp³-hybridized carbons (Fsp3) is 0.750. The van der Waals surface area contributed by atoms with E-state index in [1.54, 1.807) is 21.3 Å². The van der Waals surface area contributed by atoms with E-state index in [2.05, 4.69) is 0 Å². The monoisotopic (exact) mass is 206 g/mol. The van der Waals surface area contributed by atoms with Crippen LogP contribution in [0.3, 0.4) is 0 Å². The summed E-state index contributed by atoms with van der Waals surface area (Å²) in [5.41, 5.74) is 0. The minimum Gasteiger partial charge on any atom is -0.375 e. The zero-order chi connectivity index (χ0) is 10.2. The molecular formula is C8H18O4Si. The Labute approximate surface area is 80.8 Å². The van der Waals surface area contributed by atoms with Crippen LogP contribution in [0.5, 0.6) is 0 Å². The SMILES string of the molecule is C/C=C/COC[Si](OC)(OC)OC. The Morgan fingerprint density at radius 3 is 2.00 bits per heavy atom.